The number of nitrogens with one attached hydrogen (secondary N) is 1. The van der Waals surface area contributed by atoms with Crippen LogP contribution < -0.4 is 5.32 Å². The topological polar surface area (TPSA) is 58.6 Å². The van der Waals surface area contributed by atoms with E-state index in [4.69, 9.17) is 17.0 Å². The van der Waals surface area contributed by atoms with Crippen molar-refractivity contribution in [2.75, 3.05) is 30.8 Å². The van der Waals surface area contributed by atoms with Crippen molar-refractivity contribution in [2.24, 2.45) is 0 Å². The Balaban J connectivity index is 1.62. The normalized spacial score (nSPS) is 16.0. The molecule has 2 aliphatic rings. The number of rotatable bonds is 5. The Labute approximate surface area is 161 Å². The van der Waals surface area contributed by atoms with E-state index >= 15 is 0 Å². The summed E-state index contributed by atoms with van der Waals surface area (Å²) in [5, 5.41) is 3.53. The molecular weight excluding hydrogens is 376 g/mol. The van der Waals surface area contributed by atoms with Gasteiger partial charge in [-0.25, -0.2) is 4.79 Å². The van der Waals surface area contributed by atoms with E-state index < -0.39 is 0 Å². The second kappa shape index (κ2) is 8.51. The van der Waals surface area contributed by atoms with Crippen molar-refractivity contribution in [3.63, 3.8) is 0 Å². The van der Waals surface area contributed by atoms with Crippen molar-refractivity contribution in [1.82, 2.24) is 4.90 Å². The maximum absolute atomic E-state index is 12.3. The zero-order valence-electron chi connectivity index (χ0n) is 14.3. The molecule has 0 aromatic carbocycles. The maximum Gasteiger partial charge on any atom is 0.341 e. The standard InChI is InChI=1S/C17H22N2O3S3/c1-2-22-16(21)14-11-6-5-7-12(11)25-15(14)18-13(20)10-24-17(23)19-8-3-4-9-19/h2-10H2,1H3,(H,18,20). The van der Waals surface area contributed by atoms with Gasteiger partial charge in [-0.1, -0.05) is 24.0 Å². The third-order valence-corrected chi connectivity index (χ3v) is 7.08. The zero-order chi connectivity index (χ0) is 17.8. The van der Waals surface area contributed by atoms with Gasteiger partial charge in [-0.15, -0.1) is 11.3 Å². The van der Waals surface area contributed by atoms with E-state index in [0.29, 0.717) is 17.2 Å². The lowest BCUT2D eigenvalue weighted by atomic mass is 10.1. The predicted molar refractivity (Wildman–Crippen MR) is 107 cm³/mol. The fourth-order valence-electron chi connectivity index (χ4n) is 3.19. The first-order chi connectivity index (χ1) is 12.1. The first-order valence-corrected chi connectivity index (χ1v) is 10.8. The molecule has 1 saturated heterocycles. The van der Waals surface area contributed by atoms with Gasteiger partial charge >= 0.3 is 5.97 Å². The predicted octanol–water partition coefficient (Wildman–Crippen LogP) is 3.47. The highest BCUT2D eigenvalue weighted by Crippen LogP contribution is 2.39. The van der Waals surface area contributed by atoms with Gasteiger partial charge in [0.2, 0.25) is 5.91 Å². The summed E-state index contributed by atoms with van der Waals surface area (Å²) in [7, 11) is 0. The van der Waals surface area contributed by atoms with Crippen LogP contribution in [0, 0.1) is 0 Å². The van der Waals surface area contributed by atoms with Gasteiger partial charge in [0.15, 0.2) is 0 Å². The number of hydrogen-bond donors (Lipinski definition) is 1. The van der Waals surface area contributed by atoms with E-state index in [2.05, 4.69) is 10.2 Å². The molecule has 1 amide bonds. The van der Waals surface area contributed by atoms with E-state index in [0.717, 1.165) is 55.1 Å². The first-order valence-electron chi connectivity index (χ1n) is 8.63. The molecule has 0 radical (unpaired) electrons. The maximum atomic E-state index is 12.3. The number of anilines is 1. The molecule has 1 fully saturated rings. The highest BCUT2D eigenvalue weighted by atomic mass is 32.2. The summed E-state index contributed by atoms with van der Waals surface area (Å²) < 4.78 is 5.97. The molecule has 1 aliphatic heterocycles. The lowest BCUT2D eigenvalue weighted by Crippen LogP contribution is -2.25. The van der Waals surface area contributed by atoms with Crippen molar-refractivity contribution >= 4 is 56.5 Å². The molecule has 1 aromatic rings. The highest BCUT2D eigenvalue weighted by molar-refractivity contribution is 8.23. The van der Waals surface area contributed by atoms with Crippen LogP contribution in [0.15, 0.2) is 0 Å². The number of nitrogens with zero attached hydrogens (tertiary/aromatic N) is 1. The van der Waals surface area contributed by atoms with Crippen LogP contribution in [-0.4, -0.2) is 46.5 Å². The third kappa shape index (κ3) is 4.35. The smallest absolute Gasteiger partial charge is 0.341 e. The molecule has 0 spiro atoms. The Morgan fingerprint density at radius 1 is 1.28 bits per heavy atom. The summed E-state index contributed by atoms with van der Waals surface area (Å²) in [6, 6.07) is 0. The minimum atomic E-state index is -0.336. The lowest BCUT2D eigenvalue weighted by molar-refractivity contribution is -0.113. The number of carbonyl (C=O) groups excluding carboxylic acids is 2. The zero-order valence-corrected chi connectivity index (χ0v) is 16.7. The van der Waals surface area contributed by atoms with Crippen LogP contribution >= 0.6 is 35.3 Å². The number of aryl methyl sites for hydroxylation is 1. The molecule has 0 atom stereocenters. The fourth-order valence-corrected chi connectivity index (χ4v) is 5.54. The number of ether oxygens (including phenoxy) is 1. The van der Waals surface area contributed by atoms with E-state index in [-0.39, 0.29) is 17.6 Å². The monoisotopic (exact) mass is 398 g/mol. The van der Waals surface area contributed by atoms with Crippen molar-refractivity contribution in [1.29, 1.82) is 0 Å². The molecule has 1 aliphatic carbocycles. The number of esters is 1. The Kier molecular flexibility index (Phi) is 6.35. The van der Waals surface area contributed by atoms with E-state index in [9.17, 15) is 9.59 Å². The minimum Gasteiger partial charge on any atom is -0.462 e. The van der Waals surface area contributed by atoms with Crippen LogP contribution in [0.4, 0.5) is 5.00 Å². The Hall–Kier alpha value is -1.12. The van der Waals surface area contributed by atoms with Crippen LogP contribution in [0.2, 0.25) is 0 Å². The molecule has 25 heavy (non-hydrogen) atoms. The molecule has 0 unspecified atom stereocenters. The number of thiocarbonyl (C=S) groups is 1. The summed E-state index contributed by atoms with van der Waals surface area (Å²) in [4.78, 5) is 28.0. The van der Waals surface area contributed by atoms with Crippen molar-refractivity contribution in [2.45, 2.75) is 39.0 Å². The van der Waals surface area contributed by atoms with E-state index in [1.165, 1.54) is 28.0 Å². The summed E-state index contributed by atoms with van der Waals surface area (Å²) >= 11 is 8.28. The van der Waals surface area contributed by atoms with Crippen molar-refractivity contribution in [3.05, 3.63) is 16.0 Å². The van der Waals surface area contributed by atoms with Crippen LogP contribution in [0.5, 0.6) is 0 Å². The molecular formula is C17H22N2O3S3. The molecule has 1 aromatic heterocycles. The molecule has 1 N–H and O–H groups in total. The molecule has 5 nitrogen and oxygen atoms in total. The van der Waals surface area contributed by atoms with E-state index in [1.807, 2.05) is 0 Å². The number of amides is 1. The largest absolute Gasteiger partial charge is 0.462 e. The number of carbonyl (C=O) groups is 2. The van der Waals surface area contributed by atoms with Gasteiger partial charge in [0.05, 0.1) is 17.9 Å². The number of hydrogen-bond acceptors (Lipinski definition) is 6. The summed E-state index contributed by atoms with van der Waals surface area (Å²) in [6.45, 7) is 4.09. The summed E-state index contributed by atoms with van der Waals surface area (Å²) in [5.41, 5.74) is 1.61. The molecule has 0 saturated carbocycles. The molecule has 2 heterocycles. The summed E-state index contributed by atoms with van der Waals surface area (Å²) in [5.74, 6) is -0.199. The van der Waals surface area contributed by atoms with Crippen LogP contribution in [0.25, 0.3) is 0 Å². The number of thioether (sulfide) groups is 1. The Morgan fingerprint density at radius 2 is 2.04 bits per heavy atom. The quantitative estimate of drug-likeness (QED) is 0.605. The molecule has 0 bridgehead atoms. The fraction of sp³-hybridized carbons (Fsp3) is 0.588. The molecule has 8 heteroatoms. The van der Waals surface area contributed by atoms with Crippen LogP contribution in [0.3, 0.4) is 0 Å². The SMILES string of the molecule is CCOC(=O)c1c(NC(=O)CSC(=S)N2CCCC2)sc2c1CCC2. The van der Waals surface area contributed by atoms with Crippen molar-refractivity contribution in [3.8, 4) is 0 Å². The van der Waals surface area contributed by atoms with E-state index in [1.54, 1.807) is 6.92 Å². The lowest BCUT2D eigenvalue weighted by Gasteiger charge is -2.17. The number of thiophene rings is 1. The van der Waals surface area contributed by atoms with Gasteiger partial charge in [-0.2, -0.15) is 0 Å². The number of likely N-dealkylation sites (tertiary alicyclic amines) is 1. The molecule has 136 valence electrons. The van der Waals surface area contributed by atoms with Gasteiger partial charge in [0.25, 0.3) is 0 Å². The third-order valence-electron chi connectivity index (χ3n) is 4.34. The molecule has 3 rings (SSSR count). The van der Waals surface area contributed by atoms with Crippen LogP contribution in [0.1, 0.15) is 47.0 Å². The average molecular weight is 399 g/mol. The van der Waals surface area contributed by atoms with Crippen LogP contribution in [-0.2, 0) is 22.4 Å². The first kappa shape index (κ1) is 18.7. The number of fused-ring (bicyclic) bond motifs is 1. The van der Waals surface area contributed by atoms with Gasteiger partial charge in [-0.3, -0.25) is 4.79 Å². The summed E-state index contributed by atoms with van der Waals surface area (Å²) in [6.07, 6.45) is 5.23. The average Bonchev–Trinajstić information content (AvgIpc) is 3.29. The Morgan fingerprint density at radius 3 is 2.76 bits per heavy atom. The second-order valence-corrected chi connectivity index (χ2v) is 8.79. The van der Waals surface area contributed by atoms with Gasteiger partial charge < -0.3 is 15.0 Å². The van der Waals surface area contributed by atoms with Gasteiger partial charge in [0, 0.05) is 18.0 Å². The highest BCUT2D eigenvalue weighted by Gasteiger charge is 2.28. The second-order valence-electron chi connectivity index (χ2n) is 6.08. The minimum absolute atomic E-state index is 0.128. The van der Waals surface area contributed by atoms with Gasteiger partial charge in [-0.05, 0) is 44.6 Å². The van der Waals surface area contributed by atoms with Crippen molar-refractivity contribution < 1.29 is 14.3 Å². The Bertz CT molecular complexity index is 681. The van der Waals surface area contributed by atoms with Gasteiger partial charge in [0.1, 0.15) is 9.32 Å².